The standard InChI is InChI=1S/C24H29N3O7/c1-23(2,3)34-22(30)33-17-10-7-15(8-11-17)24(4)20(28)27(21(29)26(24)14-31-5)16-9-12-18(25)19(13-16)32-6/h7-13H,14,25H2,1-6H3. The molecule has 2 aromatic rings. The molecule has 1 aliphatic heterocycles. The van der Waals surface area contributed by atoms with Crippen LogP contribution in [0.5, 0.6) is 11.5 Å². The normalized spacial score (nSPS) is 18.3. The molecule has 182 valence electrons. The van der Waals surface area contributed by atoms with Crippen molar-refractivity contribution in [2.75, 3.05) is 31.6 Å². The van der Waals surface area contributed by atoms with Gasteiger partial charge in [-0.05, 0) is 57.5 Å². The van der Waals surface area contributed by atoms with Gasteiger partial charge in [0.1, 0.15) is 29.4 Å². The van der Waals surface area contributed by atoms with E-state index in [9.17, 15) is 14.4 Å². The number of methoxy groups -OCH3 is 2. The van der Waals surface area contributed by atoms with E-state index in [2.05, 4.69) is 0 Å². The van der Waals surface area contributed by atoms with Crippen LogP contribution in [0.2, 0.25) is 0 Å². The van der Waals surface area contributed by atoms with Crippen molar-refractivity contribution >= 4 is 29.5 Å². The van der Waals surface area contributed by atoms with Crippen molar-refractivity contribution in [1.82, 2.24) is 4.90 Å². The number of urea groups is 1. The Balaban J connectivity index is 1.95. The molecule has 2 N–H and O–H groups in total. The summed E-state index contributed by atoms with van der Waals surface area (Å²) < 4.78 is 20.8. The predicted molar refractivity (Wildman–Crippen MR) is 125 cm³/mol. The highest BCUT2D eigenvalue weighted by molar-refractivity contribution is 6.23. The topological polar surface area (TPSA) is 121 Å². The number of hydrogen-bond acceptors (Lipinski definition) is 8. The second-order valence-electron chi connectivity index (χ2n) is 8.86. The Hall–Kier alpha value is -3.79. The fourth-order valence-corrected chi connectivity index (χ4v) is 3.61. The number of amides is 3. The summed E-state index contributed by atoms with van der Waals surface area (Å²) in [6.07, 6.45) is -0.844. The van der Waals surface area contributed by atoms with E-state index in [1.54, 1.807) is 52.0 Å². The maximum Gasteiger partial charge on any atom is 0.514 e. The van der Waals surface area contributed by atoms with Gasteiger partial charge in [0.15, 0.2) is 0 Å². The lowest BCUT2D eigenvalue weighted by Gasteiger charge is -2.31. The second-order valence-corrected chi connectivity index (χ2v) is 8.86. The quantitative estimate of drug-likeness (QED) is 0.292. The number of ether oxygens (including phenoxy) is 4. The van der Waals surface area contributed by atoms with Crippen molar-refractivity contribution in [3.05, 3.63) is 48.0 Å². The third kappa shape index (κ3) is 4.62. The third-order valence-electron chi connectivity index (χ3n) is 5.32. The van der Waals surface area contributed by atoms with Crippen LogP contribution in [-0.2, 0) is 19.8 Å². The van der Waals surface area contributed by atoms with Crippen molar-refractivity contribution in [2.45, 2.75) is 38.8 Å². The summed E-state index contributed by atoms with van der Waals surface area (Å²) >= 11 is 0. The van der Waals surface area contributed by atoms with Crippen LogP contribution in [0.4, 0.5) is 21.0 Å². The van der Waals surface area contributed by atoms with Crippen molar-refractivity contribution in [3.63, 3.8) is 0 Å². The lowest BCUT2D eigenvalue weighted by molar-refractivity contribution is -0.126. The number of anilines is 2. The van der Waals surface area contributed by atoms with E-state index >= 15 is 0 Å². The Morgan fingerprint density at radius 1 is 1.06 bits per heavy atom. The zero-order valence-electron chi connectivity index (χ0n) is 20.1. The molecular weight excluding hydrogens is 442 g/mol. The summed E-state index contributed by atoms with van der Waals surface area (Å²) in [5.41, 5.74) is 5.00. The molecule has 1 fully saturated rings. The Labute approximate surface area is 198 Å². The third-order valence-corrected chi connectivity index (χ3v) is 5.32. The van der Waals surface area contributed by atoms with Gasteiger partial charge in [-0.25, -0.2) is 14.5 Å². The maximum absolute atomic E-state index is 13.7. The van der Waals surface area contributed by atoms with Crippen molar-refractivity contribution in [2.24, 2.45) is 0 Å². The SMILES string of the molecule is COCN1C(=O)N(c2ccc(N)c(OC)c2)C(=O)C1(C)c1ccc(OC(=O)OC(C)(C)C)cc1. The van der Waals surface area contributed by atoms with E-state index in [0.717, 1.165) is 4.90 Å². The minimum absolute atomic E-state index is 0.125. The van der Waals surface area contributed by atoms with Gasteiger partial charge in [-0.15, -0.1) is 0 Å². The molecule has 1 atom stereocenters. The average molecular weight is 472 g/mol. The lowest BCUT2D eigenvalue weighted by atomic mass is 9.90. The van der Waals surface area contributed by atoms with Gasteiger partial charge >= 0.3 is 12.2 Å². The Bertz CT molecular complexity index is 1090. The minimum Gasteiger partial charge on any atom is -0.495 e. The number of nitrogens with zero attached hydrogens (tertiary/aromatic N) is 2. The number of carbonyl (C=O) groups excluding carboxylic acids is 3. The van der Waals surface area contributed by atoms with Crippen molar-refractivity contribution < 1.29 is 33.3 Å². The van der Waals surface area contributed by atoms with E-state index in [1.165, 1.54) is 37.3 Å². The highest BCUT2D eigenvalue weighted by Gasteiger charge is 2.56. The number of benzene rings is 2. The monoisotopic (exact) mass is 471 g/mol. The largest absolute Gasteiger partial charge is 0.514 e. The number of nitrogens with two attached hydrogens (primary N) is 1. The fraction of sp³-hybridized carbons (Fsp3) is 0.375. The van der Waals surface area contributed by atoms with Crippen LogP contribution < -0.4 is 20.1 Å². The van der Waals surface area contributed by atoms with Gasteiger partial charge in [-0.3, -0.25) is 9.69 Å². The summed E-state index contributed by atoms with van der Waals surface area (Å²) in [7, 11) is 2.89. The van der Waals surface area contributed by atoms with Gasteiger partial charge in [-0.1, -0.05) is 12.1 Å². The van der Waals surface area contributed by atoms with Gasteiger partial charge in [-0.2, -0.15) is 0 Å². The van der Waals surface area contributed by atoms with Crippen LogP contribution in [0.3, 0.4) is 0 Å². The Morgan fingerprint density at radius 3 is 2.26 bits per heavy atom. The number of rotatable bonds is 6. The van der Waals surface area contributed by atoms with Gasteiger partial charge in [0.25, 0.3) is 5.91 Å². The smallest absolute Gasteiger partial charge is 0.495 e. The van der Waals surface area contributed by atoms with E-state index in [4.69, 9.17) is 24.7 Å². The Kier molecular flexibility index (Phi) is 6.74. The molecule has 10 nitrogen and oxygen atoms in total. The van der Waals surface area contributed by atoms with Crippen LogP contribution in [0.25, 0.3) is 0 Å². The summed E-state index contributed by atoms with van der Waals surface area (Å²) in [5.74, 6) is 0.0904. The first-order valence-corrected chi connectivity index (χ1v) is 10.5. The number of nitrogen functional groups attached to an aromatic ring is 1. The summed E-state index contributed by atoms with van der Waals surface area (Å²) in [6, 6.07) is 10.4. The molecule has 10 heteroatoms. The number of carbonyl (C=O) groups is 3. The van der Waals surface area contributed by atoms with Crippen LogP contribution in [0.1, 0.15) is 33.3 Å². The van der Waals surface area contributed by atoms with Gasteiger partial charge in [0.05, 0.1) is 18.5 Å². The maximum atomic E-state index is 13.7. The molecule has 3 rings (SSSR count). The molecule has 1 saturated heterocycles. The molecule has 0 saturated carbocycles. The number of imide groups is 1. The molecular formula is C24H29N3O7. The molecule has 34 heavy (non-hydrogen) atoms. The highest BCUT2D eigenvalue weighted by Crippen LogP contribution is 2.41. The van der Waals surface area contributed by atoms with Gasteiger partial charge in [0, 0.05) is 13.2 Å². The molecule has 0 bridgehead atoms. The zero-order valence-corrected chi connectivity index (χ0v) is 20.1. The molecule has 0 radical (unpaired) electrons. The molecule has 0 aliphatic carbocycles. The average Bonchev–Trinajstić information content (AvgIpc) is 2.95. The molecule has 0 aromatic heterocycles. The first-order valence-electron chi connectivity index (χ1n) is 10.5. The highest BCUT2D eigenvalue weighted by atomic mass is 16.7. The molecule has 0 spiro atoms. The predicted octanol–water partition coefficient (Wildman–Crippen LogP) is 3.88. The van der Waals surface area contributed by atoms with Crippen LogP contribution >= 0.6 is 0 Å². The van der Waals surface area contributed by atoms with Crippen LogP contribution in [0.15, 0.2) is 42.5 Å². The summed E-state index contributed by atoms with van der Waals surface area (Å²) in [4.78, 5) is 41.3. The molecule has 2 aromatic carbocycles. The van der Waals surface area contributed by atoms with Gasteiger partial charge in [0.2, 0.25) is 0 Å². The van der Waals surface area contributed by atoms with Crippen LogP contribution in [0, 0.1) is 0 Å². The van der Waals surface area contributed by atoms with E-state index in [-0.39, 0.29) is 12.5 Å². The molecule has 3 amide bonds. The first kappa shape index (κ1) is 24.8. The molecule has 1 aliphatic rings. The van der Waals surface area contributed by atoms with Crippen LogP contribution in [-0.4, -0.2) is 49.5 Å². The summed E-state index contributed by atoms with van der Waals surface area (Å²) in [5, 5.41) is 0. The zero-order chi connectivity index (χ0) is 25.3. The number of hydrogen-bond donors (Lipinski definition) is 1. The van der Waals surface area contributed by atoms with Gasteiger partial charge < -0.3 is 24.7 Å². The lowest BCUT2D eigenvalue weighted by Crippen LogP contribution is -2.45. The molecule has 1 heterocycles. The molecule has 1 unspecified atom stereocenters. The fourth-order valence-electron chi connectivity index (χ4n) is 3.61. The summed E-state index contributed by atoms with van der Waals surface area (Å²) in [6.45, 7) is 6.69. The van der Waals surface area contributed by atoms with E-state index in [1.807, 2.05) is 0 Å². The first-order chi connectivity index (χ1) is 15.9. The van der Waals surface area contributed by atoms with Crippen molar-refractivity contribution in [3.8, 4) is 11.5 Å². The minimum atomic E-state index is -1.38. The Morgan fingerprint density at radius 2 is 1.71 bits per heavy atom. The second kappa shape index (κ2) is 9.22. The van der Waals surface area contributed by atoms with E-state index in [0.29, 0.717) is 22.7 Å². The van der Waals surface area contributed by atoms with Crippen molar-refractivity contribution in [1.29, 1.82) is 0 Å². The van der Waals surface area contributed by atoms with E-state index < -0.39 is 29.2 Å².